The Bertz CT molecular complexity index is 205. The third-order valence-electron chi connectivity index (χ3n) is 3.21. The number of carbonyl (C=O) groups is 1. The van der Waals surface area contributed by atoms with Crippen molar-refractivity contribution < 1.29 is 4.79 Å². The van der Waals surface area contributed by atoms with Gasteiger partial charge in [-0.05, 0) is 31.4 Å². The molecule has 0 aromatic rings. The average molecular weight is 244 g/mol. The predicted octanol–water partition coefficient (Wildman–Crippen LogP) is 1.86. The average Bonchev–Trinajstić information content (AvgIpc) is 2.76. The fraction of sp³-hybridized carbons (Fsp3) is 0.917. The smallest absolute Gasteiger partial charge is 0.237 e. The van der Waals surface area contributed by atoms with Crippen LogP contribution in [0.5, 0.6) is 0 Å². The quantitative estimate of drug-likeness (QED) is 0.473. The maximum absolute atomic E-state index is 11.7. The first kappa shape index (κ1) is 13.8. The molecule has 3 N–H and O–H groups in total. The van der Waals surface area contributed by atoms with E-state index >= 15 is 0 Å². The summed E-state index contributed by atoms with van der Waals surface area (Å²) in [5.74, 6) is 0.960. The Balaban J connectivity index is 2.09. The van der Waals surface area contributed by atoms with Crippen molar-refractivity contribution in [3.8, 4) is 0 Å². The molecule has 94 valence electrons. The number of nitrogens with one attached hydrogen (secondary N) is 1. The number of carbonyl (C=O) groups excluding carboxylic acids is 1. The Morgan fingerprint density at radius 3 is 2.62 bits per heavy atom. The van der Waals surface area contributed by atoms with E-state index in [4.69, 9.17) is 5.73 Å². The molecule has 0 aromatic heterocycles. The number of thiol groups is 1. The highest BCUT2D eigenvalue weighted by atomic mass is 32.1. The van der Waals surface area contributed by atoms with Crippen molar-refractivity contribution in [1.29, 1.82) is 0 Å². The summed E-state index contributed by atoms with van der Waals surface area (Å²) >= 11 is 4.15. The molecule has 0 aromatic carbocycles. The van der Waals surface area contributed by atoms with Crippen LogP contribution in [0, 0.1) is 0 Å². The van der Waals surface area contributed by atoms with Crippen molar-refractivity contribution in [3.05, 3.63) is 0 Å². The van der Waals surface area contributed by atoms with Gasteiger partial charge in [-0.3, -0.25) is 4.79 Å². The van der Waals surface area contributed by atoms with E-state index in [0.29, 0.717) is 6.04 Å². The van der Waals surface area contributed by atoms with Crippen LogP contribution in [-0.4, -0.2) is 23.7 Å². The Morgan fingerprint density at radius 1 is 1.31 bits per heavy atom. The summed E-state index contributed by atoms with van der Waals surface area (Å²) in [6.07, 6.45) is 8.78. The molecule has 0 aliphatic heterocycles. The molecule has 1 amide bonds. The zero-order chi connectivity index (χ0) is 11.8. The van der Waals surface area contributed by atoms with Crippen molar-refractivity contribution >= 4 is 18.5 Å². The summed E-state index contributed by atoms with van der Waals surface area (Å²) in [4.78, 5) is 11.7. The lowest BCUT2D eigenvalue weighted by molar-refractivity contribution is -0.123. The van der Waals surface area contributed by atoms with Crippen molar-refractivity contribution in [2.45, 2.75) is 63.5 Å². The lowest BCUT2D eigenvalue weighted by Gasteiger charge is -2.16. The van der Waals surface area contributed by atoms with Gasteiger partial charge in [0.05, 0.1) is 6.04 Å². The maximum Gasteiger partial charge on any atom is 0.237 e. The van der Waals surface area contributed by atoms with Crippen LogP contribution in [0.15, 0.2) is 0 Å². The summed E-state index contributed by atoms with van der Waals surface area (Å²) in [5.41, 5.74) is 5.85. The highest BCUT2D eigenvalue weighted by molar-refractivity contribution is 7.80. The van der Waals surface area contributed by atoms with Crippen LogP contribution in [0.1, 0.15) is 51.4 Å². The summed E-state index contributed by atoms with van der Waals surface area (Å²) in [6.45, 7) is 0. The third kappa shape index (κ3) is 5.21. The van der Waals surface area contributed by atoms with Crippen LogP contribution >= 0.6 is 12.6 Å². The Hall–Kier alpha value is -0.220. The maximum atomic E-state index is 11.7. The molecule has 4 heteroatoms. The number of rotatable bonds is 7. The van der Waals surface area contributed by atoms with Gasteiger partial charge in [0.2, 0.25) is 5.91 Å². The standard InChI is InChI=1S/C12H24N2OS/c13-11(8-2-1-5-9-16)12(15)14-10-6-3-4-7-10/h10-11,16H,1-9,13H2,(H,14,15). The topological polar surface area (TPSA) is 55.1 Å². The molecule has 1 aliphatic rings. The SMILES string of the molecule is NC(CCCCCS)C(=O)NC1CCCC1. The molecule has 16 heavy (non-hydrogen) atoms. The molecule has 0 heterocycles. The summed E-state index contributed by atoms with van der Waals surface area (Å²) in [5, 5.41) is 3.04. The second kappa shape index (κ2) is 7.96. The minimum Gasteiger partial charge on any atom is -0.352 e. The Morgan fingerprint density at radius 2 is 2.00 bits per heavy atom. The van der Waals surface area contributed by atoms with Crippen LogP contribution < -0.4 is 11.1 Å². The Labute approximate surface area is 104 Å². The monoisotopic (exact) mass is 244 g/mol. The van der Waals surface area contributed by atoms with Crippen molar-refractivity contribution in [2.24, 2.45) is 5.73 Å². The normalized spacial score (nSPS) is 18.6. The molecule has 1 unspecified atom stereocenters. The second-order valence-electron chi connectivity index (χ2n) is 4.67. The van der Waals surface area contributed by atoms with E-state index in [1.165, 1.54) is 12.8 Å². The summed E-state index contributed by atoms with van der Waals surface area (Å²) in [6, 6.07) is 0.0662. The van der Waals surface area contributed by atoms with Gasteiger partial charge in [-0.15, -0.1) is 0 Å². The first-order valence-corrected chi connectivity index (χ1v) is 7.04. The second-order valence-corrected chi connectivity index (χ2v) is 5.12. The van der Waals surface area contributed by atoms with Crippen molar-refractivity contribution in [3.63, 3.8) is 0 Å². The molecule has 1 rings (SSSR count). The van der Waals surface area contributed by atoms with Gasteiger partial charge >= 0.3 is 0 Å². The zero-order valence-electron chi connectivity index (χ0n) is 9.95. The molecule has 1 saturated carbocycles. The van der Waals surface area contributed by atoms with E-state index in [2.05, 4.69) is 17.9 Å². The lowest BCUT2D eigenvalue weighted by atomic mass is 10.1. The molecule has 1 atom stereocenters. The molecular weight excluding hydrogens is 220 g/mol. The molecule has 1 fully saturated rings. The van der Waals surface area contributed by atoms with E-state index in [-0.39, 0.29) is 11.9 Å². The van der Waals surface area contributed by atoms with Crippen LogP contribution in [-0.2, 0) is 4.79 Å². The fourth-order valence-corrected chi connectivity index (χ4v) is 2.39. The van der Waals surface area contributed by atoms with Gasteiger partial charge in [0.15, 0.2) is 0 Å². The molecule has 0 bridgehead atoms. The molecule has 3 nitrogen and oxygen atoms in total. The van der Waals surface area contributed by atoms with Crippen LogP contribution in [0.3, 0.4) is 0 Å². The highest BCUT2D eigenvalue weighted by Crippen LogP contribution is 2.17. The van der Waals surface area contributed by atoms with Gasteiger partial charge in [-0.1, -0.05) is 25.7 Å². The molecule has 1 aliphatic carbocycles. The minimum absolute atomic E-state index is 0.0396. The molecule has 0 saturated heterocycles. The van der Waals surface area contributed by atoms with Gasteiger partial charge < -0.3 is 11.1 Å². The van der Waals surface area contributed by atoms with Crippen LogP contribution in [0.2, 0.25) is 0 Å². The van der Waals surface area contributed by atoms with Gasteiger partial charge in [0.25, 0.3) is 0 Å². The number of hydrogen-bond donors (Lipinski definition) is 3. The molecule has 0 spiro atoms. The largest absolute Gasteiger partial charge is 0.352 e. The summed E-state index contributed by atoms with van der Waals surface area (Å²) < 4.78 is 0. The van der Waals surface area contributed by atoms with E-state index in [9.17, 15) is 4.79 Å². The first-order chi connectivity index (χ1) is 7.74. The highest BCUT2D eigenvalue weighted by Gasteiger charge is 2.20. The van der Waals surface area contributed by atoms with Gasteiger partial charge in [-0.25, -0.2) is 0 Å². The third-order valence-corrected chi connectivity index (χ3v) is 3.53. The lowest BCUT2D eigenvalue weighted by Crippen LogP contribution is -2.44. The van der Waals surface area contributed by atoms with Gasteiger partial charge in [0.1, 0.15) is 0 Å². The number of nitrogens with two attached hydrogens (primary N) is 1. The zero-order valence-corrected chi connectivity index (χ0v) is 10.8. The minimum atomic E-state index is -0.319. The van der Waals surface area contributed by atoms with Crippen molar-refractivity contribution in [2.75, 3.05) is 5.75 Å². The van der Waals surface area contributed by atoms with Crippen LogP contribution in [0.4, 0.5) is 0 Å². The van der Waals surface area contributed by atoms with E-state index in [1.54, 1.807) is 0 Å². The number of hydrogen-bond acceptors (Lipinski definition) is 3. The molecular formula is C12H24N2OS. The fourth-order valence-electron chi connectivity index (χ4n) is 2.16. The predicted molar refractivity (Wildman–Crippen MR) is 70.7 cm³/mol. The van der Waals surface area contributed by atoms with Crippen molar-refractivity contribution in [1.82, 2.24) is 5.32 Å². The van der Waals surface area contributed by atoms with Gasteiger partial charge in [0, 0.05) is 6.04 Å². The first-order valence-electron chi connectivity index (χ1n) is 6.41. The van der Waals surface area contributed by atoms with Crippen LogP contribution in [0.25, 0.3) is 0 Å². The number of unbranched alkanes of at least 4 members (excludes halogenated alkanes) is 2. The van der Waals surface area contributed by atoms with Gasteiger partial charge in [-0.2, -0.15) is 12.6 Å². The van der Waals surface area contributed by atoms with E-state index < -0.39 is 0 Å². The number of amides is 1. The Kier molecular flexibility index (Phi) is 6.88. The molecule has 0 radical (unpaired) electrons. The van der Waals surface area contributed by atoms with E-state index in [0.717, 1.165) is 44.3 Å². The summed E-state index contributed by atoms with van der Waals surface area (Å²) in [7, 11) is 0. The van der Waals surface area contributed by atoms with E-state index in [1.807, 2.05) is 0 Å².